The molecule has 0 aromatic heterocycles. The molecule has 1 N–H and O–H groups in total. The number of hydrogen-bond donors (Lipinski definition) is 1. The lowest BCUT2D eigenvalue weighted by molar-refractivity contribution is 0.101. The topological polar surface area (TPSA) is 46.5 Å². The summed E-state index contributed by atoms with van der Waals surface area (Å²) >= 11 is 0. The van der Waals surface area contributed by atoms with Crippen LogP contribution in [0.15, 0.2) is 18.2 Å². The van der Waals surface area contributed by atoms with E-state index in [-0.39, 0.29) is 11.5 Å². The average Bonchev–Trinajstić information content (AvgIpc) is 2.04. The quantitative estimate of drug-likeness (QED) is 0.723. The number of phenols is 1. The Labute approximate surface area is 77.0 Å². The molecule has 0 unspecified atom stereocenters. The number of ketones is 1. The van der Waals surface area contributed by atoms with Gasteiger partial charge in [-0.3, -0.25) is 4.79 Å². The van der Waals surface area contributed by atoms with Gasteiger partial charge in [-0.25, -0.2) is 0 Å². The van der Waals surface area contributed by atoms with Crippen LogP contribution in [0, 0.1) is 0 Å². The van der Waals surface area contributed by atoms with Crippen molar-refractivity contribution in [2.75, 3.05) is 6.61 Å². The van der Waals surface area contributed by atoms with Crippen molar-refractivity contribution < 1.29 is 14.6 Å². The summed E-state index contributed by atoms with van der Waals surface area (Å²) in [7, 11) is 0. The van der Waals surface area contributed by atoms with Gasteiger partial charge in [0.2, 0.25) is 0 Å². The number of Topliss-reactive ketones (excluding diaryl/α,β-unsaturated/α-hetero) is 1. The molecule has 0 aliphatic heterocycles. The lowest BCUT2D eigenvalue weighted by Gasteiger charge is -2.05. The largest absolute Gasteiger partial charge is 0.507 e. The maximum absolute atomic E-state index is 10.9. The van der Waals surface area contributed by atoms with Gasteiger partial charge >= 0.3 is 0 Å². The lowest BCUT2D eigenvalue weighted by Crippen LogP contribution is -1.95. The van der Waals surface area contributed by atoms with Crippen LogP contribution >= 0.6 is 0 Å². The zero-order chi connectivity index (χ0) is 9.84. The summed E-state index contributed by atoms with van der Waals surface area (Å²) in [6.45, 7) is 3.81. The number of benzene rings is 1. The highest BCUT2D eigenvalue weighted by molar-refractivity contribution is 5.96. The Morgan fingerprint density at radius 2 is 2.23 bits per heavy atom. The molecule has 0 saturated carbocycles. The Morgan fingerprint density at radius 3 is 2.69 bits per heavy atom. The van der Waals surface area contributed by atoms with Crippen molar-refractivity contribution in [2.45, 2.75) is 13.8 Å². The molecule has 0 bridgehead atoms. The van der Waals surface area contributed by atoms with Crippen molar-refractivity contribution >= 4 is 5.78 Å². The number of phenolic OH excluding ortho intramolecular Hbond substituents is 1. The number of hydrogen-bond acceptors (Lipinski definition) is 3. The number of rotatable bonds is 3. The molecule has 0 fully saturated rings. The molecule has 1 aromatic carbocycles. The van der Waals surface area contributed by atoms with Crippen molar-refractivity contribution in [3.8, 4) is 11.5 Å². The van der Waals surface area contributed by atoms with Crippen LogP contribution in [0.2, 0.25) is 0 Å². The minimum Gasteiger partial charge on any atom is -0.507 e. The highest BCUT2D eigenvalue weighted by Crippen LogP contribution is 2.23. The predicted molar refractivity (Wildman–Crippen MR) is 49.3 cm³/mol. The zero-order valence-electron chi connectivity index (χ0n) is 7.70. The van der Waals surface area contributed by atoms with E-state index in [0.717, 1.165) is 0 Å². The van der Waals surface area contributed by atoms with Crippen LogP contribution in [0.5, 0.6) is 11.5 Å². The molecule has 3 nitrogen and oxygen atoms in total. The summed E-state index contributed by atoms with van der Waals surface area (Å²) in [5, 5.41) is 9.39. The smallest absolute Gasteiger partial charge is 0.163 e. The van der Waals surface area contributed by atoms with Gasteiger partial charge in [0.15, 0.2) is 5.78 Å². The van der Waals surface area contributed by atoms with Crippen LogP contribution in [0.1, 0.15) is 24.2 Å². The van der Waals surface area contributed by atoms with E-state index >= 15 is 0 Å². The molecule has 0 heterocycles. The molecule has 0 aliphatic carbocycles. The Morgan fingerprint density at radius 1 is 1.54 bits per heavy atom. The summed E-state index contributed by atoms with van der Waals surface area (Å²) in [5.41, 5.74) is 0.323. The molecule has 0 aliphatic rings. The van der Waals surface area contributed by atoms with Gasteiger partial charge < -0.3 is 9.84 Å². The molecular formula is C10H12O3. The van der Waals surface area contributed by atoms with Crippen LogP contribution in [-0.2, 0) is 0 Å². The van der Waals surface area contributed by atoms with Crippen LogP contribution < -0.4 is 4.74 Å². The summed E-state index contributed by atoms with van der Waals surface area (Å²) in [5.74, 6) is 0.393. The van der Waals surface area contributed by atoms with E-state index in [1.54, 1.807) is 12.1 Å². The van der Waals surface area contributed by atoms with Crippen molar-refractivity contribution in [1.82, 2.24) is 0 Å². The van der Waals surface area contributed by atoms with Crippen molar-refractivity contribution in [1.29, 1.82) is 0 Å². The third kappa shape index (κ3) is 2.21. The molecule has 0 radical (unpaired) electrons. The Balaban J connectivity index is 2.98. The maximum Gasteiger partial charge on any atom is 0.163 e. The molecular weight excluding hydrogens is 168 g/mol. The number of ether oxygens (including phenoxy) is 1. The van der Waals surface area contributed by atoms with Gasteiger partial charge in [0, 0.05) is 6.07 Å². The molecule has 0 amide bonds. The lowest BCUT2D eigenvalue weighted by atomic mass is 10.1. The molecule has 0 saturated heterocycles. The Hall–Kier alpha value is -1.51. The van der Waals surface area contributed by atoms with Crippen molar-refractivity contribution in [2.24, 2.45) is 0 Å². The molecule has 70 valence electrons. The summed E-state index contributed by atoms with van der Waals surface area (Å²) < 4.78 is 5.15. The van der Waals surface area contributed by atoms with Crippen LogP contribution in [0.3, 0.4) is 0 Å². The first-order valence-electron chi connectivity index (χ1n) is 4.12. The van der Waals surface area contributed by atoms with Gasteiger partial charge in [-0.2, -0.15) is 0 Å². The van der Waals surface area contributed by atoms with Crippen LogP contribution in [0.25, 0.3) is 0 Å². The third-order valence-corrected chi connectivity index (χ3v) is 1.66. The van der Waals surface area contributed by atoms with Crippen molar-refractivity contribution in [3.63, 3.8) is 0 Å². The van der Waals surface area contributed by atoms with E-state index in [0.29, 0.717) is 17.9 Å². The highest BCUT2D eigenvalue weighted by atomic mass is 16.5. The van der Waals surface area contributed by atoms with E-state index in [9.17, 15) is 9.90 Å². The minimum absolute atomic E-state index is 0.0292. The standard InChI is InChI=1S/C10H12O3/c1-3-13-8-4-5-9(7(2)11)10(12)6-8/h4-6,12H,3H2,1-2H3. The van der Waals surface area contributed by atoms with Gasteiger partial charge in [-0.1, -0.05) is 0 Å². The molecule has 13 heavy (non-hydrogen) atoms. The van der Waals surface area contributed by atoms with E-state index in [4.69, 9.17) is 4.74 Å². The van der Waals surface area contributed by atoms with Crippen LogP contribution in [0.4, 0.5) is 0 Å². The first kappa shape index (κ1) is 9.58. The molecule has 1 rings (SSSR count). The Kier molecular flexibility index (Phi) is 2.90. The second kappa shape index (κ2) is 3.94. The Bertz CT molecular complexity index is 318. The fourth-order valence-corrected chi connectivity index (χ4v) is 1.07. The third-order valence-electron chi connectivity index (χ3n) is 1.66. The fourth-order valence-electron chi connectivity index (χ4n) is 1.07. The van der Waals surface area contributed by atoms with E-state index in [1.165, 1.54) is 13.0 Å². The monoisotopic (exact) mass is 180 g/mol. The number of carbonyl (C=O) groups is 1. The van der Waals surface area contributed by atoms with E-state index < -0.39 is 0 Å². The fraction of sp³-hybridized carbons (Fsp3) is 0.300. The SMILES string of the molecule is CCOc1ccc(C(C)=O)c(O)c1. The van der Waals surface area contributed by atoms with Gasteiger partial charge in [-0.05, 0) is 26.0 Å². The predicted octanol–water partition coefficient (Wildman–Crippen LogP) is 1.99. The summed E-state index contributed by atoms with van der Waals surface area (Å²) in [6.07, 6.45) is 0. The summed E-state index contributed by atoms with van der Waals surface area (Å²) in [6, 6.07) is 4.67. The van der Waals surface area contributed by atoms with Gasteiger partial charge in [-0.15, -0.1) is 0 Å². The van der Waals surface area contributed by atoms with Gasteiger partial charge in [0.25, 0.3) is 0 Å². The number of aromatic hydroxyl groups is 1. The normalized spacial score (nSPS) is 9.69. The molecule has 0 spiro atoms. The molecule has 0 atom stereocenters. The second-order valence-electron chi connectivity index (χ2n) is 2.67. The first-order valence-corrected chi connectivity index (χ1v) is 4.12. The molecule has 3 heteroatoms. The zero-order valence-corrected chi connectivity index (χ0v) is 7.70. The number of carbonyl (C=O) groups excluding carboxylic acids is 1. The minimum atomic E-state index is -0.152. The first-order chi connectivity index (χ1) is 6.15. The van der Waals surface area contributed by atoms with Crippen molar-refractivity contribution in [3.05, 3.63) is 23.8 Å². The van der Waals surface area contributed by atoms with E-state index in [1.807, 2.05) is 6.92 Å². The second-order valence-corrected chi connectivity index (χ2v) is 2.67. The van der Waals surface area contributed by atoms with Gasteiger partial charge in [0.05, 0.1) is 12.2 Å². The van der Waals surface area contributed by atoms with E-state index in [2.05, 4.69) is 0 Å². The maximum atomic E-state index is 10.9. The van der Waals surface area contributed by atoms with Gasteiger partial charge in [0.1, 0.15) is 11.5 Å². The summed E-state index contributed by atoms with van der Waals surface area (Å²) in [4.78, 5) is 10.9. The van der Waals surface area contributed by atoms with Crippen LogP contribution in [-0.4, -0.2) is 17.5 Å². The highest BCUT2D eigenvalue weighted by Gasteiger charge is 2.06. The average molecular weight is 180 g/mol. The molecule has 1 aromatic rings.